The zero-order chi connectivity index (χ0) is 21.5. The Labute approximate surface area is 187 Å². The number of urea groups is 1. The maximum atomic E-state index is 12.7. The van der Waals surface area contributed by atoms with Crippen LogP contribution < -0.4 is 10.6 Å². The van der Waals surface area contributed by atoms with Crippen molar-refractivity contribution in [3.05, 3.63) is 57.2 Å². The molecule has 1 aliphatic heterocycles. The van der Waals surface area contributed by atoms with Crippen molar-refractivity contribution in [3.8, 4) is 0 Å². The van der Waals surface area contributed by atoms with E-state index in [0.29, 0.717) is 18.1 Å². The molecule has 1 aliphatic rings. The van der Waals surface area contributed by atoms with Gasteiger partial charge in [-0.05, 0) is 65.8 Å². The first kappa shape index (κ1) is 22.6. The third-order valence-electron chi connectivity index (χ3n) is 5.83. The highest BCUT2D eigenvalue weighted by atomic mass is 35.5. The molecule has 1 unspecified atom stereocenters. The lowest BCUT2D eigenvalue weighted by Gasteiger charge is -2.34. The van der Waals surface area contributed by atoms with Gasteiger partial charge in [-0.25, -0.2) is 4.79 Å². The normalized spacial score (nSPS) is 15.8. The molecule has 2 heterocycles. The predicted molar refractivity (Wildman–Crippen MR) is 123 cm³/mol. The molecular formula is C23H30ClN3O2S. The smallest absolute Gasteiger partial charge is 0.315 e. The van der Waals surface area contributed by atoms with Gasteiger partial charge in [0.05, 0.1) is 6.04 Å². The van der Waals surface area contributed by atoms with Crippen LogP contribution in [-0.2, 0) is 4.79 Å². The fourth-order valence-corrected chi connectivity index (χ4v) is 4.76. The minimum atomic E-state index is -0.231. The Kier molecular flexibility index (Phi) is 8.16. The van der Waals surface area contributed by atoms with Crippen molar-refractivity contribution < 1.29 is 9.59 Å². The molecule has 0 bridgehead atoms. The number of nitrogens with zero attached hydrogens (tertiary/aromatic N) is 1. The second-order valence-electron chi connectivity index (χ2n) is 7.77. The molecule has 1 atom stereocenters. The second kappa shape index (κ2) is 10.8. The molecule has 1 aromatic heterocycles. The maximum Gasteiger partial charge on any atom is 0.315 e. The topological polar surface area (TPSA) is 61.4 Å². The highest BCUT2D eigenvalue weighted by Crippen LogP contribution is 2.25. The van der Waals surface area contributed by atoms with Crippen LogP contribution in [0.5, 0.6) is 0 Å². The molecule has 1 fully saturated rings. The van der Waals surface area contributed by atoms with E-state index in [0.717, 1.165) is 36.8 Å². The molecule has 0 saturated carbocycles. The molecule has 3 amide bonds. The Hall–Kier alpha value is -2.05. The summed E-state index contributed by atoms with van der Waals surface area (Å²) >= 11 is 7.62. The molecule has 7 heteroatoms. The molecular weight excluding hydrogens is 418 g/mol. The van der Waals surface area contributed by atoms with E-state index in [1.165, 1.54) is 0 Å². The van der Waals surface area contributed by atoms with E-state index in [-0.39, 0.29) is 29.9 Å². The largest absolute Gasteiger partial charge is 0.342 e. The van der Waals surface area contributed by atoms with Gasteiger partial charge in [-0.2, -0.15) is 11.3 Å². The number of nitrogens with one attached hydrogen (secondary N) is 2. The molecule has 2 aromatic rings. The van der Waals surface area contributed by atoms with Gasteiger partial charge in [0.1, 0.15) is 0 Å². The first-order chi connectivity index (χ1) is 14.5. The van der Waals surface area contributed by atoms with Gasteiger partial charge >= 0.3 is 6.03 Å². The molecule has 0 spiro atoms. The molecule has 1 saturated heterocycles. The van der Waals surface area contributed by atoms with E-state index in [1.807, 2.05) is 46.0 Å². The summed E-state index contributed by atoms with van der Waals surface area (Å²) in [7, 11) is 0. The maximum absolute atomic E-state index is 12.7. The van der Waals surface area contributed by atoms with E-state index in [1.54, 1.807) is 11.3 Å². The monoisotopic (exact) mass is 447 g/mol. The number of hydrogen-bond donors (Lipinski definition) is 2. The second-order valence-corrected chi connectivity index (χ2v) is 8.99. The predicted octanol–water partition coefficient (Wildman–Crippen LogP) is 5.22. The summed E-state index contributed by atoms with van der Waals surface area (Å²) in [6.07, 6.45) is 3.32. The summed E-state index contributed by atoms with van der Waals surface area (Å²) in [5.41, 5.74) is 2.03. The fourth-order valence-electron chi connectivity index (χ4n) is 3.95. The molecule has 5 nitrogen and oxygen atoms in total. The number of amides is 3. The lowest BCUT2D eigenvalue weighted by molar-refractivity contribution is -0.136. The molecule has 30 heavy (non-hydrogen) atoms. The first-order valence-electron chi connectivity index (χ1n) is 10.6. The van der Waals surface area contributed by atoms with Crippen LogP contribution in [0, 0.1) is 5.92 Å². The summed E-state index contributed by atoms with van der Waals surface area (Å²) in [5, 5.41) is 10.9. The molecule has 1 aromatic carbocycles. The molecule has 2 N–H and O–H groups in total. The van der Waals surface area contributed by atoms with Gasteiger partial charge in [0.25, 0.3) is 0 Å². The van der Waals surface area contributed by atoms with Gasteiger partial charge in [0.2, 0.25) is 5.91 Å². The standard InChI is InChI=1S/C23H30ClN3O2S/c1-3-16(4-2)22(28)27-12-9-20(10-13-27)25-23(29)26-21(18-11-14-30-15-18)17-5-7-19(24)8-6-17/h5-8,11,14-16,20-21H,3-4,9-10,12-13H2,1-2H3,(H2,25,26,29). The van der Waals surface area contributed by atoms with Crippen LogP contribution in [0.15, 0.2) is 41.1 Å². The number of hydrogen-bond acceptors (Lipinski definition) is 3. The zero-order valence-electron chi connectivity index (χ0n) is 17.6. The number of carbonyl (C=O) groups excluding carboxylic acids is 2. The van der Waals surface area contributed by atoms with Crippen molar-refractivity contribution in [2.75, 3.05) is 13.1 Å². The van der Waals surface area contributed by atoms with Crippen molar-refractivity contribution in [1.29, 1.82) is 0 Å². The van der Waals surface area contributed by atoms with Crippen molar-refractivity contribution in [3.63, 3.8) is 0 Å². The molecule has 0 aliphatic carbocycles. The van der Waals surface area contributed by atoms with Gasteiger partial charge in [-0.15, -0.1) is 0 Å². The number of benzene rings is 1. The van der Waals surface area contributed by atoms with Gasteiger partial charge in [0, 0.05) is 30.1 Å². The average molecular weight is 448 g/mol. The van der Waals surface area contributed by atoms with Crippen LogP contribution >= 0.6 is 22.9 Å². The molecule has 162 valence electrons. The van der Waals surface area contributed by atoms with Crippen LogP contribution in [0.3, 0.4) is 0 Å². The Bertz CT molecular complexity index is 813. The Balaban J connectivity index is 1.56. The van der Waals surface area contributed by atoms with E-state index in [4.69, 9.17) is 11.6 Å². The van der Waals surface area contributed by atoms with Crippen molar-refractivity contribution in [2.24, 2.45) is 5.92 Å². The van der Waals surface area contributed by atoms with Gasteiger partial charge in [-0.1, -0.05) is 37.6 Å². The zero-order valence-corrected chi connectivity index (χ0v) is 19.1. The number of thiophene rings is 1. The fraction of sp³-hybridized carbons (Fsp3) is 0.478. The first-order valence-corrected chi connectivity index (χ1v) is 12.0. The van der Waals surface area contributed by atoms with E-state index < -0.39 is 0 Å². The van der Waals surface area contributed by atoms with Gasteiger partial charge in [0.15, 0.2) is 0 Å². The Morgan fingerprint density at radius 3 is 2.33 bits per heavy atom. The Morgan fingerprint density at radius 2 is 1.77 bits per heavy atom. The van der Waals surface area contributed by atoms with Crippen LogP contribution in [-0.4, -0.2) is 36.0 Å². The summed E-state index contributed by atoms with van der Waals surface area (Å²) < 4.78 is 0. The summed E-state index contributed by atoms with van der Waals surface area (Å²) in [6, 6.07) is 9.22. The summed E-state index contributed by atoms with van der Waals surface area (Å²) in [6.45, 7) is 5.53. The lowest BCUT2D eigenvalue weighted by atomic mass is 9.98. The number of rotatable bonds is 7. The number of halogens is 1. The van der Waals surface area contributed by atoms with E-state index >= 15 is 0 Å². The van der Waals surface area contributed by atoms with Gasteiger partial charge in [-0.3, -0.25) is 4.79 Å². The average Bonchev–Trinajstić information content (AvgIpc) is 3.29. The third-order valence-corrected chi connectivity index (χ3v) is 6.79. The summed E-state index contributed by atoms with van der Waals surface area (Å²) in [5.74, 6) is 0.367. The van der Waals surface area contributed by atoms with Crippen molar-refractivity contribution >= 4 is 34.9 Å². The highest BCUT2D eigenvalue weighted by Gasteiger charge is 2.27. The van der Waals surface area contributed by atoms with Crippen molar-refractivity contribution in [2.45, 2.75) is 51.6 Å². The number of piperidine rings is 1. The van der Waals surface area contributed by atoms with Crippen molar-refractivity contribution in [1.82, 2.24) is 15.5 Å². The number of carbonyl (C=O) groups is 2. The van der Waals surface area contributed by atoms with Crippen LogP contribution in [0.1, 0.15) is 56.7 Å². The minimum Gasteiger partial charge on any atom is -0.342 e. The van der Waals surface area contributed by atoms with Gasteiger partial charge < -0.3 is 15.5 Å². The minimum absolute atomic E-state index is 0.0732. The highest BCUT2D eigenvalue weighted by molar-refractivity contribution is 7.08. The summed E-state index contributed by atoms with van der Waals surface area (Å²) in [4.78, 5) is 27.3. The lowest BCUT2D eigenvalue weighted by Crippen LogP contribution is -2.50. The van der Waals surface area contributed by atoms with E-state index in [2.05, 4.69) is 24.5 Å². The number of likely N-dealkylation sites (tertiary alicyclic amines) is 1. The SMILES string of the molecule is CCC(CC)C(=O)N1CCC(NC(=O)NC(c2ccc(Cl)cc2)c2ccsc2)CC1. The quantitative estimate of drug-likeness (QED) is 0.611. The Morgan fingerprint density at radius 1 is 1.10 bits per heavy atom. The van der Waals surface area contributed by atoms with E-state index in [9.17, 15) is 9.59 Å². The van der Waals surface area contributed by atoms with Crippen LogP contribution in [0.2, 0.25) is 5.02 Å². The molecule has 3 rings (SSSR count). The molecule has 0 radical (unpaired) electrons. The third kappa shape index (κ3) is 5.76. The van der Waals surface area contributed by atoms with Crippen LogP contribution in [0.4, 0.5) is 4.79 Å². The van der Waals surface area contributed by atoms with Crippen LogP contribution in [0.25, 0.3) is 0 Å².